The van der Waals surface area contributed by atoms with Crippen LogP contribution >= 0.6 is 0 Å². The molecular formula is C18H21N5O2. The van der Waals surface area contributed by atoms with Crippen molar-refractivity contribution in [2.24, 2.45) is 0 Å². The molecular weight excluding hydrogens is 318 g/mol. The first kappa shape index (κ1) is 16.9. The largest absolute Gasteiger partial charge is 0.341 e. The Labute approximate surface area is 146 Å². The second kappa shape index (κ2) is 7.74. The maximum Gasteiger partial charge on any atom is 0.247 e. The Kier molecular flexibility index (Phi) is 5.23. The molecule has 2 aromatic rings. The van der Waals surface area contributed by atoms with Crippen molar-refractivity contribution in [2.45, 2.75) is 38.6 Å². The van der Waals surface area contributed by atoms with E-state index in [0.29, 0.717) is 5.69 Å². The second-order valence-electron chi connectivity index (χ2n) is 6.05. The Hall–Kier alpha value is -2.96. The van der Waals surface area contributed by atoms with Gasteiger partial charge in [0.05, 0.1) is 5.69 Å². The summed E-state index contributed by atoms with van der Waals surface area (Å²) in [6, 6.07) is 6.63. The van der Waals surface area contributed by atoms with Gasteiger partial charge in [0.15, 0.2) is 0 Å². The predicted molar refractivity (Wildman–Crippen MR) is 94.1 cm³/mol. The zero-order valence-electron chi connectivity index (χ0n) is 14.1. The van der Waals surface area contributed by atoms with Gasteiger partial charge in [0.25, 0.3) is 0 Å². The van der Waals surface area contributed by atoms with Crippen LogP contribution in [0.1, 0.15) is 32.6 Å². The summed E-state index contributed by atoms with van der Waals surface area (Å²) in [5.41, 5.74) is 2.29. The minimum absolute atomic E-state index is 0.149. The quantitative estimate of drug-likeness (QED) is 0.874. The molecule has 0 fully saturated rings. The molecule has 1 heterocycles. The van der Waals surface area contributed by atoms with Gasteiger partial charge >= 0.3 is 0 Å². The number of nitrogens with one attached hydrogen (secondary N) is 2. The number of hydrogen-bond acceptors (Lipinski definition) is 4. The fourth-order valence-electron chi connectivity index (χ4n) is 2.69. The zero-order chi connectivity index (χ0) is 17.6. The predicted octanol–water partition coefficient (Wildman–Crippen LogP) is 2.21. The summed E-state index contributed by atoms with van der Waals surface area (Å²) in [6.45, 7) is 1.68. The third-order valence-corrected chi connectivity index (χ3v) is 4.14. The van der Waals surface area contributed by atoms with Gasteiger partial charge in [-0.1, -0.05) is 6.08 Å². The van der Waals surface area contributed by atoms with Crippen LogP contribution in [0.5, 0.6) is 0 Å². The molecule has 0 saturated heterocycles. The van der Waals surface area contributed by atoms with Crippen molar-refractivity contribution in [3.05, 3.63) is 48.6 Å². The molecule has 0 radical (unpaired) electrons. The Morgan fingerprint density at radius 1 is 1.20 bits per heavy atom. The van der Waals surface area contributed by atoms with Crippen molar-refractivity contribution < 1.29 is 9.59 Å². The molecule has 1 aromatic heterocycles. The number of nitrogens with zero attached hydrogens (tertiary/aromatic N) is 3. The fourth-order valence-corrected chi connectivity index (χ4v) is 2.69. The molecule has 1 atom stereocenters. The first-order chi connectivity index (χ1) is 12.1. The molecule has 7 nitrogen and oxygen atoms in total. The van der Waals surface area contributed by atoms with E-state index in [4.69, 9.17) is 0 Å². The highest BCUT2D eigenvalue weighted by molar-refractivity contribution is 6.00. The number of carbonyl (C=O) groups is 2. The highest BCUT2D eigenvalue weighted by atomic mass is 16.2. The molecule has 3 rings (SSSR count). The molecule has 7 heteroatoms. The van der Waals surface area contributed by atoms with Gasteiger partial charge in [-0.3, -0.25) is 9.59 Å². The minimum Gasteiger partial charge on any atom is -0.341 e. The van der Waals surface area contributed by atoms with Crippen LogP contribution in [-0.2, 0) is 9.59 Å². The van der Waals surface area contributed by atoms with Crippen LogP contribution in [0.15, 0.2) is 48.6 Å². The summed E-state index contributed by atoms with van der Waals surface area (Å²) < 4.78 is 1.63. The average Bonchev–Trinajstić information content (AvgIpc) is 3.17. The third-order valence-electron chi connectivity index (χ3n) is 4.14. The molecule has 0 aliphatic heterocycles. The van der Waals surface area contributed by atoms with Gasteiger partial charge in [0, 0.05) is 11.3 Å². The summed E-state index contributed by atoms with van der Waals surface area (Å²) in [6.07, 6.45) is 8.89. The number of carbonyl (C=O) groups excluding carboxylic acids is 2. The average molecular weight is 339 g/mol. The van der Waals surface area contributed by atoms with E-state index >= 15 is 0 Å². The van der Waals surface area contributed by atoms with Gasteiger partial charge in [-0.05, 0) is 56.9 Å². The first-order valence-electron chi connectivity index (χ1n) is 8.39. The molecule has 1 unspecified atom stereocenters. The topological polar surface area (TPSA) is 88.9 Å². The standard InChI is InChI=1S/C18H21N5O2/c1-13(21-18(25)14-5-3-2-4-6-14)17(24)22-15-7-9-16(10-8-15)23-12-19-11-20-23/h5,7-13H,2-4,6H2,1H3,(H,21,25)(H,22,24). The SMILES string of the molecule is CC(NC(=O)C1=CCCCC1)C(=O)Nc1ccc(-n2cncn2)cc1. The molecule has 1 aliphatic carbocycles. The molecule has 0 spiro atoms. The number of aromatic nitrogens is 3. The summed E-state index contributed by atoms with van der Waals surface area (Å²) in [7, 11) is 0. The van der Waals surface area contributed by atoms with Crippen molar-refractivity contribution in [1.29, 1.82) is 0 Å². The number of allylic oxidation sites excluding steroid dienone is 1. The molecule has 2 amide bonds. The van der Waals surface area contributed by atoms with Gasteiger partial charge in [-0.25, -0.2) is 9.67 Å². The van der Waals surface area contributed by atoms with Gasteiger partial charge in [0.1, 0.15) is 18.7 Å². The van der Waals surface area contributed by atoms with Crippen LogP contribution in [0.2, 0.25) is 0 Å². The molecule has 0 saturated carbocycles. The van der Waals surface area contributed by atoms with Crippen LogP contribution in [0.25, 0.3) is 5.69 Å². The Balaban J connectivity index is 1.56. The number of rotatable bonds is 5. The summed E-state index contributed by atoms with van der Waals surface area (Å²) in [4.78, 5) is 28.3. The number of anilines is 1. The second-order valence-corrected chi connectivity index (χ2v) is 6.05. The lowest BCUT2D eigenvalue weighted by molar-refractivity contribution is -0.124. The van der Waals surface area contributed by atoms with E-state index in [9.17, 15) is 9.59 Å². The first-order valence-corrected chi connectivity index (χ1v) is 8.39. The van der Waals surface area contributed by atoms with E-state index in [1.54, 1.807) is 30.1 Å². The maximum absolute atomic E-state index is 12.3. The Bertz CT molecular complexity index is 765. The van der Waals surface area contributed by atoms with E-state index < -0.39 is 6.04 Å². The summed E-state index contributed by atoms with van der Waals surface area (Å²) in [5, 5.41) is 9.61. The van der Waals surface area contributed by atoms with E-state index in [-0.39, 0.29) is 11.8 Å². The van der Waals surface area contributed by atoms with Crippen LogP contribution < -0.4 is 10.6 Å². The van der Waals surface area contributed by atoms with E-state index in [1.807, 2.05) is 18.2 Å². The molecule has 25 heavy (non-hydrogen) atoms. The number of hydrogen-bond donors (Lipinski definition) is 2. The maximum atomic E-state index is 12.3. The monoisotopic (exact) mass is 339 g/mol. The molecule has 1 aromatic carbocycles. The van der Waals surface area contributed by atoms with Crippen LogP contribution in [0, 0.1) is 0 Å². The van der Waals surface area contributed by atoms with Gasteiger partial charge < -0.3 is 10.6 Å². The highest BCUT2D eigenvalue weighted by Crippen LogP contribution is 2.17. The molecule has 1 aliphatic rings. The molecule has 130 valence electrons. The highest BCUT2D eigenvalue weighted by Gasteiger charge is 2.19. The van der Waals surface area contributed by atoms with Crippen molar-refractivity contribution >= 4 is 17.5 Å². The van der Waals surface area contributed by atoms with Gasteiger partial charge in [-0.2, -0.15) is 5.10 Å². The smallest absolute Gasteiger partial charge is 0.247 e. The summed E-state index contributed by atoms with van der Waals surface area (Å²) >= 11 is 0. The van der Waals surface area contributed by atoms with E-state index in [1.165, 1.54) is 6.33 Å². The van der Waals surface area contributed by atoms with E-state index in [2.05, 4.69) is 20.7 Å². The van der Waals surface area contributed by atoms with Crippen LogP contribution in [0.4, 0.5) is 5.69 Å². The normalized spacial score (nSPS) is 15.2. The molecule has 2 N–H and O–H groups in total. The fraction of sp³-hybridized carbons (Fsp3) is 0.333. The van der Waals surface area contributed by atoms with Gasteiger partial charge in [0.2, 0.25) is 11.8 Å². The Morgan fingerprint density at radius 3 is 2.64 bits per heavy atom. The molecule has 0 bridgehead atoms. The van der Waals surface area contributed by atoms with Crippen molar-refractivity contribution in [2.75, 3.05) is 5.32 Å². The lowest BCUT2D eigenvalue weighted by Crippen LogP contribution is -2.42. The third kappa shape index (κ3) is 4.32. The van der Waals surface area contributed by atoms with E-state index in [0.717, 1.165) is 36.9 Å². The summed E-state index contributed by atoms with van der Waals surface area (Å²) in [5.74, 6) is -0.401. The van der Waals surface area contributed by atoms with Crippen molar-refractivity contribution in [3.8, 4) is 5.69 Å². The zero-order valence-corrected chi connectivity index (χ0v) is 14.1. The number of benzene rings is 1. The van der Waals surface area contributed by atoms with Crippen molar-refractivity contribution in [3.63, 3.8) is 0 Å². The lowest BCUT2D eigenvalue weighted by atomic mass is 9.99. The Morgan fingerprint density at radius 2 is 2.00 bits per heavy atom. The minimum atomic E-state index is -0.606. The van der Waals surface area contributed by atoms with Gasteiger partial charge in [-0.15, -0.1) is 0 Å². The number of amides is 2. The van der Waals surface area contributed by atoms with Crippen LogP contribution in [-0.4, -0.2) is 32.6 Å². The van der Waals surface area contributed by atoms with Crippen LogP contribution in [0.3, 0.4) is 0 Å². The van der Waals surface area contributed by atoms with Crippen molar-refractivity contribution in [1.82, 2.24) is 20.1 Å². The lowest BCUT2D eigenvalue weighted by Gasteiger charge is -2.17.